The zero-order chi connectivity index (χ0) is 21.4. The van der Waals surface area contributed by atoms with Crippen LogP contribution in [0.2, 0.25) is 0 Å². The summed E-state index contributed by atoms with van der Waals surface area (Å²) in [4.78, 5) is 34.6. The third-order valence-corrected chi connectivity index (χ3v) is 4.14. The highest BCUT2D eigenvalue weighted by atomic mass is 16.6. The molecule has 0 N–H and O–H groups in total. The number of esters is 3. The standard InChI is InChI=1S/C21H24O8/c1-5-17-19(27-14(3)23)21(26-11-16-9-7-6-8-10-16)20(28-15(4)24)18(29-17)12-25-13(2)22/h1,6-10,17-21H,11-12H2,2-4H3/t17-,18+,19-,20-,21+/m0/s1. The van der Waals surface area contributed by atoms with Gasteiger partial charge in [-0.15, -0.1) is 6.42 Å². The van der Waals surface area contributed by atoms with Gasteiger partial charge in [-0.3, -0.25) is 14.4 Å². The van der Waals surface area contributed by atoms with Crippen LogP contribution >= 0.6 is 0 Å². The number of carbonyl (C=O) groups excluding carboxylic acids is 3. The van der Waals surface area contributed by atoms with Crippen molar-refractivity contribution in [1.82, 2.24) is 0 Å². The lowest BCUT2D eigenvalue weighted by molar-refractivity contribution is -0.247. The van der Waals surface area contributed by atoms with Crippen LogP contribution in [0.4, 0.5) is 0 Å². The first-order valence-electron chi connectivity index (χ1n) is 9.06. The second-order valence-corrected chi connectivity index (χ2v) is 6.47. The third kappa shape index (κ3) is 6.59. The molecular weight excluding hydrogens is 380 g/mol. The molecule has 29 heavy (non-hydrogen) atoms. The Bertz CT molecular complexity index is 754. The van der Waals surface area contributed by atoms with Crippen molar-refractivity contribution in [2.24, 2.45) is 0 Å². The van der Waals surface area contributed by atoms with Crippen LogP contribution < -0.4 is 0 Å². The van der Waals surface area contributed by atoms with E-state index in [9.17, 15) is 14.4 Å². The average molecular weight is 404 g/mol. The highest BCUT2D eigenvalue weighted by Gasteiger charge is 2.50. The van der Waals surface area contributed by atoms with E-state index in [-0.39, 0.29) is 13.2 Å². The highest BCUT2D eigenvalue weighted by molar-refractivity contribution is 5.67. The average Bonchev–Trinajstić information content (AvgIpc) is 2.66. The van der Waals surface area contributed by atoms with Gasteiger partial charge in [-0.2, -0.15) is 0 Å². The molecule has 0 bridgehead atoms. The molecule has 5 atom stereocenters. The van der Waals surface area contributed by atoms with Crippen LogP contribution in [-0.2, 0) is 44.7 Å². The Balaban J connectivity index is 2.33. The molecule has 0 radical (unpaired) electrons. The van der Waals surface area contributed by atoms with E-state index < -0.39 is 48.4 Å². The van der Waals surface area contributed by atoms with Crippen LogP contribution in [0.25, 0.3) is 0 Å². The Morgan fingerprint density at radius 3 is 2.14 bits per heavy atom. The smallest absolute Gasteiger partial charge is 0.303 e. The first-order valence-corrected chi connectivity index (χ1v) is 9.06. The van der Waals surface area contributed by atoms with Crippen molar-refractivity contribution in [2.75, 3.05) is 6.61 Å². The van der Waals surface area contributed by atoms with Crippen molar-refractivity contribution in [3.8, 4) is 12.3 Å². The zero-order valence-corrected chi connectivity index (χ0v) is 16.5. The molecule has 0 amide bonds. The summed E-state index contributed by atoms with van der Waals surface area (Å²) in [6.45, 7) is 3.65. The summed E-state index contributed by atoms with van der Waals surface area (Å²) in [6, 6.07) is 9.28. The number of ether oxygens (including phenoxy) is 5. The predicted molar refractivity (Wildman–Crippen MR) is 100 cm³/mol. The molecule has 8 nitrogen and oxygen atoms in total. The summed E-state index contributed by atoms with van der Waals surface area (Å²) in [5, 5.41) is 0. The van der Waals surface area contributed by atoms with Crippen molar-refractivity contribution in [1.29, 1.82) is 0 Å². The van der Waals surface area contributed by atoms with Gasteiger partial charge in [0.1, 0.15) is 18.8 Å². The van der Waals surface area contributed by atoms with E-state index in [2.05, 4.69) is 5.92 Å². The van der Waals surface area contributed by atoms with Gasteiger partial charge in [0.25, 0.3) is 0 Å². The van der Waals surface area contributed by atoms with Crippen LogP contribution in [0.1, 0.15) is 26.3 Å². The van der Waals surface area contributed by atoms with Gasteiger partial charge >= 0.3 is 17.9 Å². The number of hydrogen-bond donors (Lipinski definition) is 0. The van der Waals surface area contributed by atoms with Gasteiger partial charge < -0.3 is 23.7 Å². The first-order chi connectivity index (χ1) is 13.8. The fraction of sp³-hybridized carbons (Fsp3) is 0.476. The summed E-state index contributed by atoms with van der Waals surface area (Å²) in [6.07, 6.45) is 0.738. The van der Waals surface area contributed by atoms with E-state index in [1.807, 2.05) is 30.3 Å². The van der Waals surface area contributed by atoms with E-state index in [1.165, 1.54) is 20.8 Å². The maximum Gasteiger partial charge on any atom is 0.303 e. The fourth-order valence-corrected chi connectivity index (χ4v) is 2.99. The van der Waals surface area contributed by atoms with Gasteiger partial charge in [-0.1, -0.05) is 36.3 Å². The summed E-state index contributed by atoms with van der Waals surface area (Å²) >= 11 is 0. The molecule has 0 saturated carbocycles. The van der Waals surface area contributed by atoms with Crippen molar-refractivity contribution in [2.45, 2.75) is 57.9 Å². The lowest BCUT2D eigenvalue weighted by atomic mass is 9.94. The molecule has 1 heterocycles. The molecular formula is C21H24O8. The fourth-order valence-electron chi connectivity index (χ4n) is 2.99. The molecule has 1 saturated heterocycles. The lowest BCUT2D eigenvalue weighted by Gasteiger charge is -2.43. The van der Waals surface area contributed by atoms with Gasteiger partial charge in [0.2, 0.25) is 0 Å². The van der Waals surface area contributed by atoms with E-state index in [1.54, 1.807) is 0 Å². The Morgan fingerprint density at radius 2 is 1.59 bits per heavy atom. The van der Waals surface area contributed by atoms with E-state index in [0.29, 0.717) is 0 Å². The summed E-state index contributed by atoms with van der Waals surface area (Å²) in [5.41, 5.74) is 0.857. The monoisotopic (exact) mass is 404 g/mol. The second-order valence-electron chi connectivity index (χ2n) is 6.47. The molecule has 0 unspecified atom stereocenters. The van der Waals surface area contributed by atoms with Gasteiger partial charge in [0.15, 0.2) is 18.3 Å². The van der Waals surface area contributed by atoms with Gasteiger partial charge in [-0.05, 0) is 5.56 Å². The highest BCUT2D eigenvalue weighted by Crippen LogP contribution is 2.29. The van der Waals surface area contributed by atoms with Crippen LogP contribution in [0.3, 0.4) is 0 Å². The molecule has 1 fully saturated rings. The minimum atomic E-state index is -1.01. The van der Waals surface area contributed by atoms with Crippen LogP contribution in [0.5, 0.6) is 0 Å². The summed E-state index contributed by atoms with van der Waals surface area (Å²) < 4.78 is 27.5. The molecule has 1 aliphatic rings. The zero-order valence-electron chi connectivity index (χ0n) is 16.5. The molecule has 1 aliphatic heterocycles. The number of hydrogen-bond acceptors (Lipinski definition) is 8. The Kier molecular flexibility index (Phi) is 8.19. The van der Waals surface area contributed by atoms with Crippen LogP contribution in [-0.4, -0.2) is 55.0 Å². The van der Waals surface area contributed by atoms with E-state index in [4.69, 9.17) is 30.1 Å². The molecule has 0 spiro atoms. The molecule has 8 heteroatoms. The minimum Gasteiger partial charge on any atom is -0.463 e. The van der Waals surface area contributed by atoms with Gasteiger partial charge in [0, 0.05) is 20.8 Å². The van der Waals surface area contributed by atoms with Crippen LogP contribution in [0, 0.1) is 12.3 Å². The van der Waals surface area contributed by atoms with Crippen molar-refractivity contribution >= 4 is 17.9 Å². The summed E-state index contributed by atoms with van der Waals surface area (Å²) in [5.74, 6) is 0.700. The first kappa shape index (κ1) is 22.4. The van der Waals surface area contributed by atoms with E-state index >= 15 is 0 Å². The minimum absolute atomic E-state index is 0.151. The number of terminal acetylenes is 1. The number of benzene rings is 1. The predicted octanol–water partition coefficient (Wildman–Crippen LogP) is 1.40. The van der Waals surface area contributed by atoms with Gasteiger partial charge in [-0.25, -0.2) is 0 Å². The Hall–Kier alpha value is -2.89. The summed E-state index contributed by atoms with van der Waals surface area (Å²) in [7, 11) is 0. The number of rotatable bonds is 7. The molecule has 2 rings (SSSR count). The van der Waals surface area contributed by atoms with Crippen molar-refractivity contribution in [3.05, 3.63) is 35.9 Å². The third-order valence-electron chi connectivity index (χ3n) is 4.14. The lowest BCUT2D eigenvalue weighted by Crippen LogP contribution is -2.61. The number of carbonyl (C=O) groups is 3. The Morgan fingerprint density at radius 1 is 0.966 bits per heavy atom. The molecule has 0 aliphatic carbocycles. The Labute approximate surface area is 169 Å². The van der Waals surface area contributed by atoms with Crippen molar-refractivity contribution in [3.63, 3.8) is 0 Å². The quantitative estimate of drug-likeness (QED) is 0.382. The normalized spacial score (nSPS) is 26.1. The van der Waals surface area contributed by atoms with E-state index in [0.717, 1.165) is 5.56 Å². The topological polar surface area (TPSA) is 97.4 Å². The van der Waals surface area contributed by atoms with Crippen molar-refractivity contribution < 1.29 is 38.1 Å². The largest absolute Gasteiger partial charge is 0.463 e. The second kappa shape index (κ2) is 10.6. The van der Waals surface area contributed by atoms with Gasteiger partial charge in [0.05, 0.1) is 6.61 Å². The SMILES string of the molecule is C#C[C@@H]1O[C@H](COC(C)=O)[C@H](OC(C)=O)[C@H](OCc2ccccc2)[C@H]1OC(C)=O. The molecule has 1 aromatic rings. The molecule has 0 aromatic heterocycles. The maximum absolute atomic E-state index is 11.7. The molecule has 1 aromatic carbocycles. The molecule has 156 valence electrons. The maximum atomic E-state index is 11.7. The van der Waals surface area contributed by atoms with Crippen LogP contribution in [0.15, 0.2) is 30.3 Å².